The van der Waals surface area contributed by atoms with E-state index in [1.54, 1.807) is 11.1 Å². The van der Waals surface area contributed by atoms with E-state index in [4.69, 9.17) is 15.2 Å². The Bertz CT molecular complexity index is 1190. The van der Waals surface area contributed by atoms with E-state index in [0.717, 1.165) is 12.8 Å². The zero-order valence-corrected chi connectivity index (χ0v) is 17.0. The number of fused-ring (bicyclic) bond motifs is 2. The van der Waals surface area contributed by atoms with Crippen LogP contribution >= 0.6 is 0 Å². The summed E-state index contributed by atoms with van der Waals surface area (Å²) in [5.41, 5.74) is 8.24. The maximum absolute atomic E-state index is 13.2. The largest absolute Gasteiger partial charge is 0.480 e. The van der Waals surface area contributed by atoms with E-state index in [-0.39, 0.29) is 35.1 Å². The van der Waals surface area contributed by atoms with Crippen LogP contribution in [-0.4, -0.2) is 45.5 Å². The number of hydrogen-bond donors (Lipinski definition) is 2. The number of ether oxygens (including phenoxy) is 2. The number of amides is 1. The summed E-state index contributed by atoms with van der Waals surface area (Å²) in [5, 5.41) is 0.562. The van der Waals surface area contributed by atoms with Gasteiger partial charge in [0, 0.05) is 24.3 Å². The van der Waals surface area contributed by atoms with Crippen LogP contribution in [0.3, 0.4) is 0 Å². The molecule has 1 atom stereocenters. The first-order valence-electron chi connectivity index (χ1n) is 9.99. The fourth-order valence-electron chi connectivity index (χ4n) is 4.34. The maximum atomic E-state index is 13.2. The SMILES string of the molecule is COc1nc(N)nc2[nH]cc(-c3cc4c(c(OC(F)F)c3)C(=O)N([C@@H](C)C3CC3)C4)c12. The molecule has 3 aromatic rings. The lowest BCUT2D eigenvalue weighted by molar-refractivity contribution is -0.0501. The van der Waals surface area contributed by atoms with Crippen LogP contribution in [-0.2, 0) is 6.54 Å². The van der Waals surface area contributed by atoms with Crippen LogP contribution in [0.4, 0.5) is 14.7 Å². The number of rotatable bonds is 6. The first-order chi connectivity index (χ1) is 14.9. The van der Waals surface area contributed by atoms with Gasteiger partial charge in [-0.05, 0) is 48.9 Å². The topological polar surface area (TPSA) is 106 Å². The van der Waals surface area contributed by atoms with Crippen LogP contribution in [0.25, 0.3) is 22.2 Å². The van der Waals surface area contributed by atoms with Gasteiger partial charge in [0.25, 0.3) is 5.91 Å². The molecule has 2 aliphatic rings. The number of nitrogen functional groups attached to an aromatic ring is 1. The number of nitrogens with one attached hydrogen (secondary N) is 1. The van der Waals surface area contributed by atoms with E-state index in [1.807, 2.05) is 13.0 Å². The highest BCUT2D eigenvalue weighted by Gasteiger charge is 2.40. The molecular weight excluding hydrogens is 408 g/mol. The number of halogens is 2. The minimum atomic E-state index is -3.05. The summed E-state index contributed by atoms with van der Waals surface area (Å²) in [4.78, 5) is 26.1. The van der Waals surface area contributed by atoms with E-state index in [2.05, 4.69) is 15.0 Å². The minimum absolute atomic E-state index is 0.0451. The highest BCUT2D eigenvalue weighted by atomic mass is 19.3. The third-order valence-corrected chi connectivity index (χ3v) is 6.03. The Kier molecular flexibility index (Phi) is 4.45. The first kappa shape index (κ1) is 19.5. The molecule has 162 valence electrons. The molecule has 5 rings (SSSR count). The van der Waals surface area contributed by atoms with Crippen molar-refractivity contribution in [2.75, 3.05) is 12.8 Å². The van der Waals surface area contributed by atoms with Gasteiger partial charge in [-0.2, -0.15) is 18.7 Å². The van der Waals surface area contributed by atoms with Gasteiger partial charge in [-0.25, -0.2) is 0 Å². The summed E-state index contributed by atoms with van der Waals surface area (Å²) in [6.07, 6.45) is 3.83. The summed E-state index contributed by atoms with van der Waals surface area (Å²) >= 11 is 0. The van der Waals surface area contributed by atoms with Gasteiger partial charge in [-0.3, -0.25) is 4.79 Å². The summed E-state index contributed by atoms with van der Waals surface area (Å²) in [6.45, 7) is -0.701. The Labute approximate surface area is 176 Å². The smallest absolute Gasteiger partial charge is 0.387 e. The van der Waals surface area contributed by atoms with Crippen molar-refractivity contribution in [3.63, 3.8) is 0 Å². The normalized spacial score (nSPS) is 16.8. The summed E-state index contributed by atoms with van der Waals surface area (Å²) in [6, 6.07) is 3.32. The Morgan fingerprint density at radius 1 is 1.29 bits per heavy atom. The average molecular weight is 429 g/mol. The second-order valence-corrected chi connectivity index (χ2v) is 7.92. The van der Waals surface area contributed by atoms with E-state index < -0.39 is 6.61 Å². The molecule has 31 heavy (non-hydrogen) atoms. The van der Waals surface area contributed by atoms with Crippen LogP contribution in [0.5, 0.6) is 11.6 Å². The lowest BCUT2D eigenvalue weighted by Gasteiger charge is -2.24. The molecule has 1 aliphatic carbocycles. The Morgan fingerprint density at radius 3 is 2.74 bits per heavy atom. The van der Waals surface area contributed by atoms with Crippen molar-refractivity contribution in [3.8, 4) is 22.8 Å². The molecule has 3 heterocycles. The highest BCUT2D eigenvalue weighted by molar-refractivity contribution is 6.04. The predicted octanol–water partition coefficient (Wildman–Crippen LogP) is 3.57. The van der Waals surface area contributed by atoms with E-state index >= 15 is 0 Å². The van der Waals surface area contributed by atoms with Crippen LogP contribution in [0.1, 0.15) is 35.7 Å². The van der Waals surface area contributed by atoms with E-state index in [0.29, 0.717) is 40.2 Å². The average Bonchev–Trinajstić information content (AvgIpc) is 3.40. The van der Waals surface area contributed by atoms with Crippen LogP contribution in [0.15, 0.2) is 18.3 Å². The number of alkyl halides is 2. The summed E-state index contributed by atoms with van der Waals surface area (Å²) < 4.78 is 36.5. The number of nitrogens with two attached hydrogens (primary N) is 1. The Balaban J connectivity index is 1.65. The molecule has 1 aliphatic heterocycles. The summed E-state index contributed by atoms with van der Waals surface area (Å²) in [7, 11) is 1.46. The van der Waals surface area contributed by atoms with Gasteiger partial charge in [0.05, 0.1) is 18.1 Å². The number of carbonyl (C=O) groups excluding carboxylic acids is 1. The fourth-order valence-corrected chi connectivity index (χ4v) is 4.34. The number of anilines is 1. The van der Waals surface area contributed by atoms with Gasteiger partial charge in [-0.15, -0.1) is 0 Å². The minimum Gasteiger partial charge on any atom is -0.480 e. The molecule has 0 radical (unpaired) electrons. The van der Waals surface area contributed by atoms with E-state index in [1.165, 1.54) is 13.2 Å². The molecule has 0 spiro atoms. The van der Waals surface area contributed by atoms with Crippen molar-refractivity contribution in [1.29, 1.82) is 0 Å². The van der Waals surface area contributed by atoms with E-state index in [9.17, 15) is 13.6 Å². The molecule has 0 bridgehead atoms. The number of benzene rings is 1. The van der Waals surface area contributed by atoms with Crippen molar-refractivity contribution in [3.05, 3.63) is 29.5 Å². The molecule has 1 amide bonds. The zero-order chi connectivity index (χ0) is 21.9. The number of nitrogens with zero attached hydrogens (tertiary/aromatic N) is 3. The lowest BCUT2D eigenvalue weighted by atomic mass is 9.99. The van der Waals surface area contributed by atoms with Gasteiger partial charge in [0.2, 0.25) is 11.8 Å². The second kappa shape index (κ2) is 7.07. The van der Waals surface area contributed by atoms with Crippen molar-refractivity contribution in [1.82, 2.24) is 19.9 Å². The molecule has 1 fully saturated rings. The molecule has 1 saturated carbocycles. The molecule has 3 N–H and O–H groups in total. The zero-order valence-electron chi connectivity index (χ0n) is 17.0. The molecular formula is C21H21F2N5O3. The number of methoxy groups -OCH3 is 1. The molecule has 0 saturated heterocycles. The number of aromatic nitrogens is 3. The predicted molar refractivity (Wildman–Crippen MR) is 109 cm³/mol. The second-order valence-electron chi connectivity index (χ2n) is 7.92. The summed E-state index contributed by atoms with van der Waals surface area (Å²) in [5.74, 6) is 0.351. The van der Waals surface area contributed by atoms with Gasteiger partial charge in [-0.1, -0.05) is 0 Å². The number of hydrogen-bond acceptors (Lipinski definition) is 6. The van der Waals surface area contributed by atoms with Gasteiger partial charge in [0.1, 0.15) is 11.4 Å². The Hall–Kier alpha value is -3.43. The molecule has 1 aromatic carbocycles. The van der Waals surface area contributed by atoms with Crippen molar-refractivity contribution in [2.45, 2.75) is 39.0 Å². The fraction of sp³-hybridized carbons (Fsp3) is 0.381. The lowest BCUT2D eigenvalue weighted by Crippen LogP contribution is -2.34. The first-order valence-corrected chi connectivity index (χ1v) is 9.99. The quantitative estimate of drug-likeness (QED) is 0.621. The van der Waals surface area contributed by atoms with Gasteiger partial charge >= 0.3 is 6.61 Å². The number of H-pyrrole nitrogens is 1. The molecule has 8 nitrogen and oxygen atoms in total. The van der Waals surface area contributed by atoms with Gasteiger partial charge < -0.3 is 25.1 Å². The van der Waals surface area contributed by atoms with Crippen molar-refractivity contribution < 1.29 is 23.0 Å². The third-order valence-electron chi connectivity index (χ3n) is 6.03. The van der Waals surface area contributed by atoms with Crippen LogP contribution < -0.4 is 15.2 Å². The van der Waals surface area contributed by atoms with Crippen molar-refractivity contribution in [2.24, 2.45) is 5.92 Å². The maximum Gasteiger partial charge on any atom is 0.387 e. The van der Waals surface area contributed by atoms with Crippen LogP contribution in [0.2, 0.25) is 0 Å². The standard InChI is InChI=1S/C21H21F2N5O3/c1-9(10-3-4-10)28-8-12-5-11(6-14(31-20(22)23)15(12)19(28)29)13-7-25-17-16(13)18(30-2)27-21(24)26-17/h5-7,9-10,20H,3-4,8H2,1-2H3,(H3,24,25,26,27)/t9-/m0/s1. The van der Waals surface area contributed by atoms with Gasteiger partial charge in [0.15, 0.2) is 0 Å². The monoisotopic (exact) mass is 429 g/mol. The number of aromatic amines is 1. The molecule has 2 aromatic heterocycles. The molecule has 10 heteroatoms. The highest BCUT2D eigenvalue weighted by Crippen LogP contribution is 2.43. The third kappa shape index (κ3) is 3.22. The van der Waals surface area contributed by atoms with Crippen LogP contribution in [0, 0.1) is 5.92 Å². The Morgan fingerprint density at radius 2 is 2.06 bits per heavy atom. The number of carbonyl (C=O) groups is 1. The molecule has 0 unspecified atom stereocenters. The van der Waals surface area contributed by atoms with Crippen molar-refractivity contribution >= 4 is 22.9 Å².